The van der Waals surface area contributed by atoms with Gasteiger partial charge in [0.25, 0.3) is 0 Å². The second-order valence-electron chi connectivity index (χ2n) is 7.31. The van der Waals surface area contributed by atoms with Gasteiger partial charge in [0.05, 0.1) is 24.4 Å². The van der Waals surface area contributed by atoms with Crippen molar-refractivity contribution >= 4 is 5.91 Å². The molecule has 2 atom stereocenters. The molecule has 1 spiro atoms. The quantitative estimate of drug-likeness (QED) is 0.819. The Morgan fingerprint density at radius 2 is 1.90 bits per heavy atom. The summed E-state index contributed by atoms with van der Waals surface area (Å²) in [6.07, 6.45) is 4.45. The van der Waals surface area contributed by atoms with Crippen molar-refractivity contribution in [2.24, 2.45) is 11.8 Å². The summed E-state index contributed by atoms with van der Waals surface area (Å²) in [5.74, 6) is 1.13. The van der Waals surface area contributed by atoms with Crippen molar-refractivity contribution < 1.29 is 9.53 Å². The number of hydrogen-bond donors (Lipinski definition) is 1. The summed E-state index contributed by atoms with van der Waals surface area (Å²) in [4.78, 5) is 15.3. The molecular weight excluding hydrogens is 264 g/mol. The lowest BCUT2D eigenvalue weighted by molar-refractivity contribution is -0.138. The van der Waals surface area contributed by atoms with Crippen LogP contribution < -0.4 is 5.32 Å². The van der Waals surface area contributed by atoms with E-state index in [4.69, 9.17) is 4.74 Å². The van der Waals surface area contributed by atoms with Crippen LogP contribution in [0, 0.1) is 11.8 Å². The van der Waals surface area contributed by atoms with Crippen molar-refractivity contribution in [2.75, 3.05) is 13.2 Å². The Morgan fingerprint density at radius 1 is 1.29 bits per heavy atom. The number of carbonyl (C=O) groups is 1. The smallest absolute Gasteiger partial charge is 0.244 e. The first-order valence-electron chi connectivity index (χ1n) is 8.61. The van der Waals surface area contributed by atoms with Gasteiger partial charge in [0, 0.05) is 6.61 Å². The topological polar surface area (TPSA) is 41.6 Å². The van der Waals surface area contributed by atoms with Gasteiger partial charge in [0.1, 0.15) is 0 Å². The molecular formula is C17H32N2O2. The molecule has 2 fully saturated rings. The number of rotatable bonds is 6. The molecule has 1 heterocycles. The van der Waals surface area contributed by atoms with E-state index in [1.165, 1.54) is 0 Å². The van der Waals surface area contributed by atoms with Crippen LogP contribution in [0.15, 0.2) is 0 Å². The van der Waals surface area contributed by atoms with Crippen LogP contribution in [0.1, 0.15) is 60.3 Å². The zero-order valence-corrected chi connectivity index (χ0v) is 14.3. The van der Waals surface area contributed by atoms with E-state index in [1.54, 1.807) is 0 Å². The van der Waals surface area contributed by atoms with Crippen molar-refractivity contribution in [3.05, 3.63) is 0 Å². The summed E-state index contributed by atoms with van der Waals surface area (Å²) in [7, 11) is 0. The van der Waals surface area contributed by atoms with Gasteiger partial charge in [-0.3, -0.25) is 10.1 Å². The van der Waals surface area contributed by atoms with E-state index in [0.717, 1.165) is 25.7 Å². The third-order valence-electron chi connectivity index (χ3n) is 5.08. The Bertz CT molecular complexity index is 362. The molecule has 1 aliphatic heterocycles. The fourth-order valence-corrected chi connectivity index (χ4v) is 3.80. The summed E-state index contributed by atoms with van der Waals surface area (Å²) < 4.78 is 5.68. The van der Waals surface area contributed by atoms with Crippen LogP contribution in [0.4, 0.5) is 0 Å². The van der Waals surface area contributed by atoms with Crippen LogP contribution in [-0.4, -0.2) is 41.8 Å². The van der Waals surface area contributed by atoms with Crippen LogP contribution in [-0.2, 0) is 9.53 Å². The minimum Gasteiger partial charge on any atom is -0.380 e. The summed E-state index contributed by atoms with van der Waals surface area (Å²) >= 11 is 0. The molecule has 0 bridgehead atoms. The Labute approximate surface area is 129 Å². The van der Waals surface area contributed by atoms with Crippen LogP contribution in [0.25, 0.3) is 0 Å². The molecule has 0 radical (unpaired) electrons. The van der Waals surface area contributed by atoms with Crippen molar-refractivity contribution in [3.63, 3.8) is 0 Å². The second-order valence-corrected chi connectivity index (χ2v) is 7.31. The molecule has 122 valence electrons. The van der Waals surface area contributed by atoms with Gasteiger partial charge < -0.3 is 9.64 Å². The molecule has 4 heteroatoms. The SMILES string of the molecule is CCOCC(C(C)C)N1C(=O)C2(CCCC2)NC1C(C)C. The fraction of sp³-hybridized carbons (Fsp3) is 0.941. The maximum Gasteiger partial charge on any atom is 0.244 e. The highest BCUT2D eigenvalue weighted by Crippen LogP contribution is 2.39. The molecule has 1 saturated carbocycles. The van der Waals surface area contributed by atoms with Crippen LogP contribution in [0.3, 0.4) is 0 Å². The molecule has 1 saturated heterocycles. The molecule has 2 rings (SSSR count). The summed E-state index contributed by atoms with van der Waals surface area (Å²) in [5.41, 5.74) is -0.283. The number of nitrogens with zero attached hydrogens (tertiary/aromatic N) is 1. The van der Waals surface area contributed by atoms with Crippen molar-refractivity contribution in [1.29, 1.82) is 0 Å². The third kappa shape index (κ3) is 3.11. The van der Waals surface area contributed by atoms with Gasteiger partial charge in [-0.15, -0.1) is 0 Å². The first kappa shape index (κ1) is 16.8. The van der Waals surface area contributed by atoms with Gasteiger partial charge in [0.2, 0.25) is 5.91 Å². The maximum atomic E-state index is 13.2. The highest BCUT2D eigenvalue weighted by atomic mass is 16.5. The monoisotopic (exact) mass is 296 g/mol. The van der Waals surface area contributed by atoms with Crippen molar-refractivity contribution in [1.82, 2.24) is 10.2 Å². The zero-order chi connectivity index (χ0) is 15.6. The molecule has 1 aliphatic carbocycles. The van der Waals surface area contributed by atoms with E-state index in [0.29, 0.717) is 31.0 Å². The number of ether oxygens (including phenoxy) is 1. The van der Waals surface area contributed by atoms with Crippen LogP contribution >= 0.6 is 0 Å². The van der Waals surface area contributed by atoms with E-state index in [1.807, 2.05) is 6.92 Å². The lowest BCUT2D eigenvalue weighted by Gasteiger charge is -2.36. The third-order valence-corrected chi connectivity index (χ3v) is 5.08. The molecule has 4 nitrogen and oxygen atoms in total. The second kappa shape index (κ2) is 6.66. The van der Waals surface area contributed by atoms with E-state index in [2.05, 4.69) is 37.9 Å². The van der Waals surface area contributed by atoms with Gasteiger partial charge in [0.15, 0.2) is 0 Å². The van der Waals surface area contributed by atoms with Gasteiger partial charge >= 0.3 is 0 Å². The zero-order valence-electron chi connectivity index (χ0n) is 14.3. The average Bonchev–Trinajstić information content (AvgIpc) is 3.00. The van der Waals surface area contributed by atoms with E-state index in [-0.39, 0.29) is 17.7 Å². The number of nitrogens with one attached hydrogen (secondary N) is 1. The van der Waals surface area contributed by atoms with Gasteiger partial charge in [-0.25, -0.2) is 0 Å². The molecule has 0 aromatic rings. The number of hydrogen-bond acceptors (Lipinski definition) is 3. The highest BCUT2D eigenvalue weighted by molar-refractivity contribution is 5.89. The van der Waals surface area contributed by atoms with E-state index >= 15 is 0 Å². The number of carbonyl (C=O) groups excluding carboxylic acids is 1. The predicted octanol–water partition coefficient (Wildman–Crippen LogP) is 2.77. The molecule has 0 aromatic heterocycles. The average molecular weight is 296 g/mol. The summed E-state index contributed by atoms with van der Waals surface area (Å²) in [5, 5.41) is 3.70. The van der Waals surface area contributed by atoms with Crippen LogP contribution in [0.2, 0.25) is 0 Å². The maximum absolute atomic E-state index is 13.2. The standard InChI is InChI=1S/C17H32N2O2/c1-6-21-11-14(12(2)3)19-15(13(4)5)18-17(16(19)20)9-7-8-10-17/h12-15,18H,6-11H2,1-5H3. The minimum atomic E-state index is -0.283. The molecule has 2 aliphatic rings. The van der Waals surface area contributed by atoms with Crippen molar-refractivity contribution in [2.45, 2.75) is 78.0 Å². The molecule has 21 heavy (non-hydrogen) atoms. The first-order chi connectivity index (χ1) is 9.93. The Morgan fingerprint density at radius 3 is 2.38 bits per heavy atom. The predicted molar refractivity (Wildman–Crippen MR) is 84.9 cm³/mol. The molecule has 1 N–H and O–H groups in total. The fourth-order valence-electron chi connectivity index (χ4n) is 3.80. The normalized spacial score (nSPS) is 26.5. The summed E-state index contributed by atoms with van der Waals surface area (Å²) in [6.45, 7) is 12.1. The first-order valence-corrected chi connectivity index (χ1v) is 8.61. The Balaban J connectivity index is 2.26. The molecule has 1 amide bonds. The van der Waals surface area contributed by atoms with Gasteiger partial charge in [-0.2, -0.15) is 0 Å². The lowest BCUT2D eigenvalue weighted by Crippen LogP contribution is -2.51. The molecule has 0 aromatic carbocycles. The van der Waals surface area contributed by atoms with E-state index in [9.17, 15) is 4.79 Å². The van der Waals surface area contributed by atoms with E-state index < -0.39 is 0 Å². The number of amides is 1. The molecule has 2 unspecified atom stereocenters. The van der Waals surface area contributed by atoms with Gasteiger partial charge in [-0.1, -0.05) is 40.5 Å². The Hall–Kier alpha value is -0.610. The van der Waals surface area contributed by atoms with Crippen LogP contribution in [0.5, 0.6) is 0 Å². The summed E-state index contributed by atoms with van der Waals surface area (Å²) in [6, 6.07) is 0.164. The lowest BCUT2D eigenvalue weighted by atomic mass is 9.96. The highest BCUT2D eigenvalue weighted by Gasteiger charge is 2.54. The van der Waals surface area contributed by atoms with Crippen molar-refractivity contribution in [3.8, 4) is 0 Å². The van der Waals surface area contributed by atoms with Gasteiger partial charge in [-0.05, 0) is 31.6 Å². The minimum absolute atomic E-state index is 0.142. The Kier molecular flexibility index (Phi) is 5.31. The largest absolute Gasteiger partial charge is 0.380 e.